The van der Waals surface area contributed by atoms with E-state index in [0.29, 0.717) is 22.6 Å². The van der Waals surface area contributed by atoms with Crippen molar-refractivity contribution in [2.45, 2.75) is 16.2 Å². The number of carbonyl (C=O) groups is 2. The van der Waals surface area contributed by atoms with E-state index in [1.165, 1.54) is 59.7 Å². The van der Waals surface area contributed by atoms with Gasteiger partial charge in [0.2, 0.25) is 0 Å². The highest BCUT2D eigenvalue weighted by Crippen LogP contribution is 2.43. The lowest BCUT2D eigenvalue weighted by Crippen LogP contribution is -2.01. The van der Waals surface area contributed by atoms with Crippen LogP contribution in [0.25, 0.3) is 12.2 Å². The van der Waals surface area contributed by atoms with E-state index in [1.54, 1.807) is 36.4 Å². The van der Waals surface area contributed by atoms with Crippen molar-refractivity contribution in [2.75, 3.05) is 19.5 Å². The van der Waals surface area contributed by atoms with Crippen LogP contribution in [0.15, 0.2) is 107 Å². The Morgan fingerprint density at radius 1 is 0.707 bits per heavy atom. The molecule has 7 nitrogen and oxygen atoms in total. The molecule has 208 valence electrons. The van der Waals surface area contributed by atoms with Gasteiger partial charge in [-0.05, 0) is 71.8 Å². The Kier molecular flexibility index (Phi) is 9.85. The number of rotatable bonds is 8. The quantitative estimate of drug-likeness (QED) is 0.133. The Labute approximate surface area is 242 Å². The van der Waals surface area contributed by atoms with Crippen LogP contribution >= 0.6 is 11.8 Å². The Hall–Kier alpha value is -4.95. The van der Waals surface area contributed by atoms with Gasteiger partial charge in [0.1, 0.15) is 0 Å². The summed E-state index contributed by atoms with van der Waals surface area (Å²) in [4.78, 5) is 26.5. The fourth-order valence-electron chi connectivity index (χ4n) is 3.85. The molecule has 4 aromatic carbocycles. The third kappa shape index (κ3) is 8.03. The summed E-state index contributed by atoms with van der Waals surface area (Å²) in [7, 11) is 2.87. The molecule has 0 bridgehead atoms. The molecule has 0 aromatic heterocycles. The summed E-state index contributed by atoms with van der Waals surface area (Å²) in [5, 5.41) is 22.5. The number of hydrogen-bond donors (Lipinski definition) is 3. The van der Waals surface area contributed by atoms with E-state index in [9.17, 15) is 19.8 Å². The number of ether oxygens (including phenoxy) is 2. The van der Waals surface area contributed by atoms with Crippen LogP contribution in [0, 0.1) is 0 Å². The number of benzene rings is 4. The summed E-state index contributed by atoms with van der Waals surface area (Å²) in [5.74, 6) is -0.0832. The van der Waals surface area contributed by atoms with Crippen LogP contribution in [0.2, 0.25) is 0 Å². The molecule has 0 fully saturated rings. The van der Waals surface area contributed by atoms with Gasteiger partial charge >= 0.3 is 0 Å². The number of anilines is 2. The van der Waals surface area contributed by atoms with E-state index < -0.39 is 0 Å². The van der Waals surface area contributed by atoms with Gasteiger partial charge in [0.25, 0.3) is 0 Å². The molecule has 1 heterocycles. The van der Waals surface area contributed by atoms with Gasteiger partial charge in [-0.15, -0.1) is 0 Å². The molecule has 8 heteroatoms. The van der Waals surface area contributed by atoms with E-state index >= 15 is 0 Å². The molecule has 0 spiro atoms. The Balaban J connectivity index is 0.000000228. The maximum atomic E-state index is 11.9. The van der Waals surface area contributed by atoms with Crippen LogP contribution in [0.4, 0.5) is 11.4 Å². The van der Waals surface area contributed by atoms with E-state index in [1.807, 2.05) is 11.8 Å². The molecule has 0 saturated heterocycles. The standard InChI is InChI=1S/C21H20O6.C12H9NS/c1-26-20-11-14(5-9-18(20)24)3-7-16(22)13-17(23)8-4-15-6-10-19(25)21(12-15)27-2;1-3-7-11-9(5-1)13-10-6-2-4-8-12(10)14-11/h3-12,24-25H,13H2,1-2H3;1-8,13H/b7-3+,8-4+;. The summed E-state index contributed by atoms with van der Waals surface area (Å²) >= 11 is 1.82. The Bertz CT molecular complexity index is 1450. The van der Waals surface area contributed by atoms with E-state index in [0.717, 1.165) is 0 Å². The number of para-hydroxylation sites is 2. The first-order chi connectivity index (χ1) is 19.9. The SMILES string of the molecule is COc1cc(/C=C/C(=O)CC(=O)/C=C/c2ccc(O)c(OC)c2)ccc1O.c1ccc2c(c1)Nc1ccccc1S2. The summed E-state index contributed by atoms with van der Waals surface area (Å²) in [6.07, 6.45) is 5.44. The van der Waals surface area contributed by atoms with Gasteiger partial charge < -0.3 is 25.0 Å². The first-order valence-corrected chi connectivity index (χ1v) is 13.5. The molecule has 1 aliphatic rings. The largest absolute Gasteiger partial charge is 0.504 e. The third-order valence-electron chi connectivity index (χ3n) is 5.94. The lowest BCUT2D eigenvalue weighted by atomic mass is 10.1. The van der Waals surface area contributed by atoms with Gasteiger partial charge in [-0.25, -0.2) is 0 Å². The van der Waals surface area contributed by atoms with Crippen LogP contribution in [-0.4, -0.2) is 36.0 Å². The van der Waals surface area contributed by atoms with Crippen molar-refractivity contribution >= 4 is 46.9 Å². The molecule has 0 amide bonds. The van der Waals surface area contributed by atoms with Crippen LogP contribution in [0.1, 0.15) is 17.5 Å². The molecular weight excluding hydrogens is 538 g/mol. The predicted octanol–water partition coefficient (Wildman–Crippen LogP) is 7.26. The first kappa shape index (κ1) is 29.0. The molecule has 3 N–H and O–H groups in total. The number of phenolic OH excluding ortho intramolecular Hbond substituents is 2. The first-order valence-electron chi connectivity index (χ1n) is 12.6. The van der Waals surface area contributed by atoms with Gasteiger partial charge in [0.05, 0.1) is 32.0 Å². The minimum atomic E-state index is -0.347. The lowest BCUT2D eigenvalue weighted by molar-refractivity contribution is -0.121. The molecule has 0 atom stereocenters. The van der Waals surface area contributed by atoms with Crippen molar-refractivity contribution in [1.82, 2.24) is 0 Å². The molecule has 4 aromatic rings. The van der Waals surface area contributed by atoms with E-state index in [2.05, 4.69) is 53.8 Å². The highest BCUT2D eigenvalue weighted by Gasteiger charge is 2.13. The predicted molar refractivity (Wildman–Crippen MR) is 162 cm³/mol. The normalized spacial score (nSPS) is 11.6. The Morgan fingerprint density at radius 3 is 1.59 bits per heavy atom. The fourth-order valence-corrected chi connectivity index (χ4v) is 4.83. The lowest BCUT2D eigenvalue weighted by Gasteiger charge is -2.19. The van der Waals surface area contributed by atoms with Crippen molar-refractivity contribution in [3.63, 3.8) is 0 Å². The average Bonchev–Trinajstić information content (AvgIpc) is 2.99. The summed E-state index contributed by atoms with van der Waals surface area (Å²) in [6, 6.07) is 26.1. The number of allylic oxidation sites excluding steroid dienone is 2. The summed E-state index contributed by atoms with van der Waals surface area (Å²) in [5.41, 5.74) is 3.74. The molecule has 1 aliphatic heterocycles. The molecule has 5 rings (SSSR count). The second-order valence-corrected chi connectivity index (χ2v) is 9.94. The second-order valence-electron chi connectivity index (χ2n) is 8.86. The highest BCUT2D eigenvalue weighted by atomic mass is 32.2. The van der Waals surface area contributed by atoms with Gasteiger partial charge in [0, 0.05) is 9.79 Å². The monoisotopic (exact) mass is 567 g/mol. The van der Waals surface area contributed by atoms with Crippen molar-refractivity contribution in [3.05, 3.63) is 108 Å². The zero-order valence-corrected chi connectivity index (χ0v) is 23.4. The molecular formula is C33H29NO6S. The summed E-state index contributed by atoms with van der Waals surface area (Å²) in [6.45, 7) is 0. The van der Waals surface area contributed by atoms with Crippen molar-refractivity contribution in [3.8, 4) is 23.0 Å². The van der Waals surface area contributed by atoms with Gasteiger partial charge in [0.15, 0.2) is 34.6 Å². The molecule has 0 radical (unpaired) electrons. The van der Waals surface area contributed by atoms with Crippen LogP contribution in [0.5, 0.6) is 23.0 Å². The maximum absolute atomic E-state index is 11.9. The fraction of sp³-hybridized carbons (Fsp3) is 0.0909. The number of fused-ring (bicyclic) bond motifs is 2. The zero-order chi connectivity index (χ0) is 29.2. The topological polar surface area (TPSA) is 105 Å². The molecule has 41 heavy (non-hydrogen) atoms. The minimum Gasteiger partial charge on any atom is -0.504 e. The number of methoxy groups -OCH3 is 2. The molecule has 0 aliphatic carbocycles. The van der Waals surface area contributed by atoms with Gasteiger partial charge in [-0.1, -0.05) is 60.3 Å². The number of ketones is 2. The van der Waals surface area contributed by atoms with Crippen molar-refractivity contribution in [1.29, 1.82) is 0 Å². The number of aromatic hydroxyl groups is 2. The van der Waals surface area contributed by atoms with Crippen molar-refractivity contribution < 1.29 is 29.3 Å². The summed E-state index contributed by atoms with van der Waals surface area (Å²) < 4.78 is 10.00. The van der Waals surface area contributed by atoms with Gasteiger partial charge in [-0.3, -0.25) is 9.59 Å². The maximum Gasteiger partial charge on any atom is 0.163 e. The smallest absolute Gasteiger partial charge is 0.163 e. The number of phenols is 2. The zero-order valence-electron chi connectivity index (χ0n) is 22.5. The van der Waals surface area contributed by atoms with Crippen LogP contribution in [-0.2, 0) is 9.59 Å². The van der Waals surface area contributed by atoms with E-state index in [4.69, 9.17) is 9.47 Å². The van der Waals surface area contributed by atoms with Crippen LogP contribution < -0.4 is 14.8 Å². The van der Waals surface area contributed by atoms with Crippen LogP contribution in [0.3, 0.4) is 0 Å². The number of hydrogen-bond acceptors (Lipinski definition) is 8. The minimum absolute atomic E-state index is 0.00662. The average molecular weight is 568 g/mol. The van der Waals surface area contributed by atoms with Crippen molar-refractivity contribution in [2.24, 2.45) is 0 Å². The number of carbonyl (C=O) groups excluding carboxylic acids is 2. The van der Waals surface area contributed by atoms with Gasteiger partial charge in [-0.2, -0.15) is 0 Å². The second kappa shape index (κ2) is 13.9. The molecule has 0 unspecified atom stereocenters. The van der Waals surface area contributed by atoms with E-state index in [-0.39, 0.29) is 29.5 Å². The third-order valence-corrected chi connectivity index (χ3v) is 7.09. The highest BCUT2D eigenvalue weighted by molar-refractivity contribution is 7.99. The number of nitrogens with one attached hydrogen (secondary N) is 1. The molecule has 0 saturated carbocycles. The Morgan fingerprint density at radius 2 is 1.15 bits per heavy atom.